The molecule has 0 fully saturated rings. The second-order valence-corrected chi connectivity index (χ2v) is 3.81. The smallest absolute Gasteiger partial charge is 0.262 e. The molecule has 1 amide bonds. The Balaban J connectivity index is 2.53. The first kappa shape index (κ1) is 8.56. The normalized spacial score (nSPS) is 14.5. The fraction of sp³-hybridized carbons (Fsp3) is 0.222. The fourth-order valence-electron chi connectivity index (χ4n) is 1.29. The van der Waals surface area contributed by atoms with Gasteiger partial charge in [-0.1, -0.05) is 0 Å². The Bertz CT molecular complexity index is 376. The zero-order chi connectivity index (χ0) is 9.42. The van der Waals surface area contributed by atoms with E-state index in [2.05, 4.69) is 21.2 Å². The maximum atomic E-state index is 11.0. The van der Waals surface area contributed by atoms with Crippen molar-refractivity contribution < 1.29 is 9.53 Å². The molecule has 0 saturated carbocycles. The fourth-order valence-corrected chi connectivity index (χ4v) is 1.98. The van der Waals surface area contributed by atoms with E-state index in [0.29, 0.717) is 5.75 Å². The van der Waals surface area contributed by atoms with Gasteiger partial charge in [-0.15, -0.1) is 0 Å². The van der Waals surface area contributed by atoms with Crippen LogP contribution in [0.25, 0.3) is 0 Å². The quantitative estimate of drug-likeness (QED) is 0.756. The zero-order valence-electron chi connectivity index (χ0n) is 7.06. The first-order valence-electron chi connectivity index (χ1n) is 3.89. The van der Waals surface area contributed by atoms with Crippen LogP contribution in [0.5, 0.6) is 5.75 Å². The number of halogens is 1. The number of carbonyl (C=O) groups is 1. The van der Waals surface area contributed by atoms with E-state index in [-0.39, 0.29) is 12.5 Å². The van der Waals surface area contributed by atoms with Gasteiger partial charge in [0.2, 0.25) is 0 Å². The number of rotatable bonds is 0. The van der Waals surface area contributed by atoms with Gasteiger partial charge in [0.05, 0.1) is 10.2 Å². The highest BCUT2D eigenvalue weighted by molar-refractivity contribution is 9.10. The van der Waals surface area contributed by atoms with Crippen molar-refractivity contribution in [1.82, 2.24) is 0 Å². The van der Waals surface area contributed by atoms with Gasteiger partial charge >= 0.3 is 0 Å². The van der Waals surface area contributed by atoms with Gasteiger partial charge in [-0.05, 0) is 40.5 Å². The number of benzene rings is 1. The summed E-state index contributed by atoms with van der Waals surface area (Å²) in [6, 6.07) is 3.84. The van der Waals surface area contributed by atoms with Crippen molar-refractivity contribution in [2.75, 3.05) is 11.9 Å². The molecule has 3 nitrogen and oxygen atoms in total. The van der Waals surface area contributed by atoms with Crippen LogP contribution >= 0.6 is 15.9 Å². The van der Waals surface area contributed by atoms with E-state index < -0.39 is 0 Å². The molecule has 68 valence electrons. The molecule has 0 atom stereocenters. The van der Waals surface area contributed by atoms with Crippen LogP contribution < -0.4 is 10.1 Å². The summed E-state index contributed by atoms with van der Waals surface area (Å²) in [5, 5.41) is 2.75. The zero-order valence-corrected chi connectivity index (χ0v) is 8.64. The first-order chi connectivity index (χ1) is 6.16. The standard InChI is InChI=1S/C9H8BrNO2/c1-5-2-6(10)9-7(3-5)11-8(12)4-13-9/h2-3H,4H2,1H3,(H,11,12). The molecule has 2 rings (SSSR count). The summed E-state index contributed by atoms with van der Waals surface area (Å²) in [6.45, 7) is 2.06. The Labute approximate surface area is 84.2 Å². The van der Waals surface area contributed by atoms with Crippen LogP contribution in [0, 0.1) is 6.92 Å². The Kier molecular flexibility index (Phi) is 2.00. The lowest BCUT2D eigenvalue weighted by atomic mass is 10.2. The van der Waals surface area contributed by atoms with E-state index >= 15 is 0 Å². The van der Waals surface area contributed by atoms with Crippen LogP contribution in [-0.4, -0.2) is 12.5 Å². The van der Waals surface area contributed by atoms with Crippen molar-refractivity contribution in [3.8, 4) is 5.75 Å². The van der Waals surface area contributed by atoms with E-state index in [0.717, 1.165) is 15.7 Å². The number of amides is 1. The molecule has 0 radical (unpaired) electrons. The Morgan fingerprint density at radius 3 is 3.08 bits per heavy atom. The molecule has 0 bridgehead atoms. The minimum absolute atomic E-state index is 0.0919. The molecule has 0 unspecified atom stereocenters. The highest BCUT2D eigenvalue weighted by Crippen LogP contribution is 2.36. The van der Waals surface area contributed by atoms with Crippen molar-refractivity contribution in [2.45, 2.75) is 6.92 Å². The summed E-state index contributed by atoms with van der Waals surface area (Å²) >= 11 is 3.38. The Morgan fingerprint density at radius 2 is 2.31 bits per heavy atom. The third-order valence-electron chi connectivity index (χ3n) is 1.81. The number of nitrogens with one attached hydrogen (secondary N) is 1. The van der Waals surface area contributed by atoms with Crippen molar-refractivity contribution in [3.63, 3.8) is 0 Å². The second kappa shape index (κ2) is 3.03. The molecule has 4 heteroatoms. The van der Waals surface area contributed by atoms with Gasteiger partial charge < -0.3 is 10.1 Å². The minimum Gasteiger partial charge on any atom is -0.480 e. The monoisotopic (exact) mass is 241 g/mol. The number of fused-ring (bicyclic) bond motifs is 1. The van der Waals surface area contributed by atoms with Crippen LogP contribution in [0.2, 0.25) is 0 Å². The summed E-state index contributed by atoms with van der Waals surface area (Å²) in [5.74, 6) is 0.607. The van der Waals surface area contributed by atoms with Gasteiger partial charge in [-0.2, -0.15) is 0 Å². The van der Waals surface area contributed by atoms with Gasteiger partial charge in [0.15, 0.2) is 12.4 Å². The van der Waals surface area contributed by atoms with Crippen LogP contribution in [0.1, 0.15) is 5.56 Å². The molecular formula is C9H8BrNO2. The van der Waals surface area contributed by atoms with Gasteiger partial charge in [0, 0.05) is 0 Å². The SMILES string of the molecule is Cc1cc(Br)c2c(c1)NC(=O)CO2. The van der Waals surface area contributed by atoms with Crippen molar-refractivity contribution in [3.05, 3.63) is 22.2 Å². The van der Waals surface area contributed by atoms with Gasteiger partial charge in [0.1, 0.15) is 0 Å². The Hall–Kier alpha value is -1.03. The maximum Gasteiger partial charge on any atom is 0.262 e. The molecule has 1 aromatic carbocycles. The predicted octanol–water partition coefficient (Wildman–Crippen LogP) is 2.09. The molecule has 1 heterocycles. The highest BCUT2D eigenvalue weighted by Gasteiger charge is 2.18. The molecule has 0 aromatic heterocycles. The third kappa shape index (κ3) is 1.54. The average Bonchev–Trinajstić information content (AvgIpc) is 2.02. The van der Waals surface area contributed by atoms with E-state index in [9.17, 15) is 4.79 Å². The van der Waals surface area contributed by atoms with E-state index in [1.165, 1.54) is 0 Å². The molecule has 1 aliphatic heterocycles. The lowest BCUT2D eigenvalue weighted by Crippen LogP contribution is -2.25. The third-order valence-corrected chi connectivity index (χ3v) is 2.40. The molecule has 0 aliphatic carbocycles. The number of ether oxygens (including phenoxy) is 1. The van der Waals surface area contributed by atoms with Crippen molar-refractivity contribution in [1.29, 1.82) is 0 Å². The average molecular weight is 242 g/mol. The van der Waals surface area contributed by atoms with E-state index in [4.69, 9.17) is 4.74 Å². The molecule has 13 heavy (non-hydrogen) atoms. The van der Waals surface area contributed by atoms with Crippen LogP contribution in [-0.2, 0) is 4.79 Å². The van der Waals surface area contributed by atoms with Gasteiger partial charge in [-0.25, -0.2) is 0 Å². The predicted molar refractivity (Wildman–Crippen MR) is 53.0 cm³/mol. The number of hydrogen-bond donors (Lipinski definition) is 1. The number of anilines is 1. The van der Waals surface area contributed by atoms with E-state index in [1.807, 2.05) is 19.1 Å². The topological polar surface area (TPSA) is 38.3 Å². The van der Waals surface area contributed by atoms with Crippen molar-refractivity contribution >= 4 is 27.5 Å². The molecular weight excluding hydrogens is 234 g/mol. The summed E-state index contributed by atoms with van der Waals surface area (Å²) in [5.41, 5.74) is 1.82. The molecule has 1 aliphatic rings. The van der Waals surface area contributed by atoms with Crippen molar-refractivity contribution in [2.24, 2.45) is 0 Å². The van der Waals surface area contributed by atoms with Crippen LogP contribution in [0.4, 0.5) is 5.69 Å². The Morgan fingerprint density at radius 1 is 1.54 bits per heavy atom. The molecule has 0 spiro atoms. The maximum absolute atomic E-state index is 11.0. The minimum atomic E-state index is -0.106. The summed E-state index contributed by atoms with van der Waals surface area (Å²) in [4.78, 5) is 11.0. The molecule has 1 N–H and O–H groups in total. The highest BCUT2D eigenvalue weighted by atomic mass is 79.9. The number of carbonyl (C=O) groups excluding carboxylic acids is 1. The molecule has 1 aromatic rings. The summed E-state index contributed by atoms with van der Waals surface area (Å²) < 4.78 is 6.14. The van der Waals surface area contributed by atoms with Gasteiger partial charge in [-0.3, -0.25) is 4.79 Å². The number of hydrogen-bond acceptors (Lipinski definition) is 2. The van der Waals surface area contributed by atoms with Crippen LogP contribution in [0.15, 0.2) is 16.6 Å². The van der Waals surface area contributed by atoms with Crippen LogP contribution in [0.3, 0.4) is 0 Å². The van der Waals surface area contributed by atoms with Gasteiger partial charge in [0.25, 0.3) is 5.91 Å². The summed E-state index contributed by atoms with van der Waals surface area (Å²) in [6.07, 6.45) is 0. The number of aryl methyl sites for hydroxylation is 1. The molecule has 0 saturated heterocycles. The summed E-state index contributed by atoms with van der Waals surface area (Å²) in [7, 11) is 0. The van der Waals surface area contributed by atoms with E-state index in [1.54, 1.807) is 0 Å². The largest absolute Gasteiger partial charge is 0.480 e. The first-order valence-corrected chi connectivity index (χ1v) is 4.69. The lowest BCUT2D eigenvalue weighted by Gasteiger charge is -2.19. The lowest BCUT2D eigenvalue weighted by molar-refractivity contribution is -0.118. The second-order valence-electron chi connectivity index (χ2n) is 2.96.